The van der Waals surface area contributed by atoms with Crippen LogP contribution in [0.3, 0.4) is 0 Å². The summed E-state index contributed by atoms with van der Waals surface area (Å²) in [6.45, 7) is 0.130. The van der Waals surface area contributed by atoms with Crippen LogP contribution in [0.15, 0.2) is 24.3 Å². The molecule has 4 nitrogen and oxygen atoms in total. The first-order valence-electron chi connectivity index (χ1n) is 4.87. The lowest BCUT2D eigenvalue weighted by Crippen LogP contribution is -2.26. The largest absolute Gasteiger partial charge is 0.311 e. The molecule has 1 aromatic carbocycles. The van der Waals surface area contributed by atoms with Gasteiger partial charge in [0.15, 0.2) is 0 Å². The average molecular weight is 386 g/mol. The molecule has 1 aromatic rings. The minimum absolute atomic E-state index is 0.0438. The second-order valence-corrected chi connectivity index (χ2v) is 7.94. The van der Waals surface area contributed by atoms with Gasteiger partial charge in [-0.25, -0.2) is 8.42 Å². The van der Waals surface area contributed by atoms with E-state index in [9.17, 15) is 13.2 Å². The Labute approximate surface area is 118 Å². The van der Waals surface area contributed by atoms with Crippen LogP contribution in [0.2, 0.25) is 0 Å². The summed E-state index contributed by atoms with van der Waals surface area (Å²) in [7, 11) is 1.60. The molecule has 0 saturated carbocycles. The van der Waals surface area contributed by atoms with Crippen molar-refractivity contribution in [3.05, 3.63) is 27.8 Å². The Morgan fingerprint density at radius 1 is 1.29 bits per heavy atom. The number of carbonyl (C=O) groups is 1. The van der Waals surface area contributed by atoms with Gasteiger partial charge < -0.3 is 4.90 Å². The van der Waals surface area contributed by atoms with Gasteiger partial charge in [-0.1, -0.05) is 0 Å². The zero-order valence-electron chi connectivity index (χ0n) is 8.64. The van der Waals surface area contributed by atoms with Gasteiger partial charge in [-0.05, 0) is 46.9 Å². The Balaban J connectivity index is 2.24. The van der Waals surface area contributed by atoms with Crippen LogP contribution < -0.4 is 4.90 Å². The molecule has 0 N–H and O–H groups in total. The maximum Gasteiger partial charge on any atom is 0.237 e. The molecule has 1 fully saturated rings. The normalized spacial score (nSPS) is 20.9. The van der Waals surface area contributed by atoms with Crippen molar-refractivity contribution in [3.63, 3.8) is 0 Å². The Kier molecular flexibility index (Phi) is 3.65. The van der Waals surface area contributed by atoms with E-state index in [2.05, 4.69) is 22.6 Å². The maximum atomic E-state index is 11.7. The van der Waals surface area contributed by atoms with Gasteiger partial charge in [-0.15, -0.1) is 0 Å². The Morgan fingerprint density at radius 2 is 1.88 bits per heavy atom. The molecule has 0 spiro atoms. The molecule has 1 amide bonds. The van der Waals surface area contributed by atoms with Crippen LogP contribution in [0.25, 0.3) is 0 Å². The summed E-state index contributed by atoms with van der Waals surface area (Å²) in [5.41, 5.74) is 0.707. The van der Waals surface area contributed by atoms with Crippen LogP contribution in [0.4, 0.5) is 5.69 Å². The van der Waals surface area contributed by atoms with Crippen LogP contribution in [-0.4, -0.2) is 26.1 Å². The van der Waals surface area contributed by atoms with E-state index < -0.39 is 14.3 Å². The molecule has 1 unspecified atom stereocenters. The van der Waals surface area contributed by atoms with Gasteiger partial charge in [0.05, 0.1) is 0 Å². The summed E-state index contributed by atoms with van der Waals surface area (Å²) < 4.78 is 23.4. The highest BCUT2D eigenvalue weighted by atomic mass is 127. The second-order valence-electron chi connectivity index (χ2n) is 3.78. The van der Waals surface area contributed by atoms with Gasteiger partial charge in [-0.3, -0.25) is 4.79 Å². The Morgan fingerprint density at radius 3 is 2.35 bits per heavy atom. The van der Waals surface area contributed by atoms with Crippen LogP contribution in [0, 0.1) is 3.57 Å². The summed E-state index contributed by atoms with van der Waals surface area (Å²) in [5.74, 6) is -0.208. The number of amides is 1. The molecule has 1 heterocycles. The van der Waals surface area contributed by atoms with Gasteiger partial charge >= 0.3 is 0 Å². The van der Waals surface area contributed by atoms with Crippen LogP contribution in [0.1, 0.15) is 6.42 Å². The molecule has 92 valence electrons. The van der Waals surface area contributed by atoms with Gasteiger partial charge in [0.25, 0.3) is 0 Å². The molecule has 0 aliphatic carbocycles. The minimum atomic E-state index is -3.68. The highest BCUT2D eigenvalue weighted by molar-refractivity contribution is 14.1. The molecular weight excluding hydrogens is 377 g/mol. The van der Waals surface area contributed by atoms with Crippen molar-refractivity contribution in [3.8, 4) is 0 Å². The highest BCUT2D eigenvalue weighted by Crippen LogP contribution is 2.26. The standard InChI is InChI=1S/C10H9ClINO3S/c11-17(15,16)9-5-10(14)13(6-9)8-3-1-7(12)2-4-8/h1-4,9H,5-6H2. The predicted molar refractivity (Wildman–Crippen MR) is 74.7 cm³/mol. The van der Waals surface area contributed by atoms with E-state index in [1.54, 1.807) is 12.1 Å². The molecular formula is C10H9ClINO3S. The summed E-state index contributed by atoms with van der Waals surface area (Å²) in [4.78, 5) is 13.2. The number of rotatable bonds is 2. The van der Waals surface area contributed by atoms with E-state index in [0.29, 0.717) is 5.69 Å². The first kappa shape index (κ1) is 13.1. The zero-order valence-corrected chi connectivity index (χ0v) is 12.4. The maximum absolute atomic E-state index is 11.7. The van der Waals surface area contributed by atoms with E-state index in [1.807, 2.05) is 12.1 Å². The van der Waals surface area contributed by atoms with E-state index in [0.717, 1.165) is 3.57 Å². The molecule has 0 radical (unpaired) electrons. The van der Waals surface area contributed by atoms with Crippen molar-refractivity contribution in [2.24, 2.45) is 0 Å². The molecule has 1 atom stereocenters. The van der Waals surface area contributed by atoms with E-state index >= 15 is 0 Å². The lowest BCUT2D eigenvalue weighted by atomic mass is 10.3. The van der Waals surface area contributed by atoms with Crippen molar-refractivity contribution in [2.75, 3.05) is 11.4 Å². The van der Waals surface area contributed by atoms with Crippen LogP contribution >= 0.6 is 33.3 Å². The summed E-state index contributed by atoms with van der Waals surface area (Å²) in [6, 6.07) is 7.32. The molecule has 0 aromatic heterocycles. The Hall–Kier alpha value is -0.340. The van der Waals surface area contributed by atoms with Crippen molar-refractivity contribution in [1.29, 1.82) is 0 Å². The monoisotopic (exact) mass is 385 g/mol. The van der Waals surface area contributed by atoms with Crippen molar-refractivity contribution >= 4 is 53.9 Å². The smallest absolute Gasteiger partial charge is 0.237 e. The summed E-state index contributed by atoms with van der Waals surface area (Å²) >= 11 is 2.16. The average Bonchev–Trinajstić information content (AvgIpc) is 2.61. The fraction of sp³-hybridized carbons (Fsp3) is 0.300. The van der Waals surface area contributed by atoms with Crippen molar-refractivity contribution < 1.29 is 13.2 Å². The first-order valence-corrected chi connectivity index (χ1v) is 8.32. The fourth-order valence-corrected chi connectivity index (χ4v) is 3.12. The zero-order chi connectivity index (χ0) is 12.6. The molecule has 0 bridgehead atoms. The van der Waals surface area contributed by atoms with E-state index in [1.165, 1.54) is 4.90 Å². The third-order valence-corrected chi connectivity index (χ3v) is 5.21. The number of benzene rings is 1. The van der Waals surface area contributed by atoms with E-state index in [-0.39, 0.29) is 18.9 Å². The molecule has 17 heavy (non-hydrogen) atoms. The topological polar surface area (TPSA) is 54.5 Å². The lowest BCUT2D eigenvalue weighted by Gasteiger charge is -2.16. The van der Waals surface area contributed by atoms with Crippen LogP contribution in [-0.2, 0) is 13.8 Å². The minimum Gasteiger partial charge on any atom is -0.311 e. The number of carbonyl (C=O) groups excluding carboxylic acids is 1. The number of halogens is 2. The van der Waals surface area contributed by atoms with Crippen molar-refractivity contribution in [1.82, 2.24) is 0 Å². The predicted octanol–water partition coefficient (Wildman–Crippen LogP) is 1.97. The van der Waals surface area contributed by atoms with Gasteiger partial charge in [-0.2, -0.15) is 0 Å². The van der Waals surface area contributed by atoms with E-state index in [4.69, 9.17) is 10.7 Å². The quantitative estimate of drug-likeness (QED) is 0.578. The number of hydrogen-bond donors (Lipinski definition) is 0. The Bertz CT molecular complexity index is 543. The van der Waals surface area contributed by atoms with Gasteiger partial charge in [0.2, 0.25) is 15.0 Å². The van der Waals surface area contributed by atoms with Crippen LogP contribution in [0.5, 0.6) is 0 Å². The molecule has 1 aliphatic heterocycles. The molecule has 1 saturated heterocycles. The van der Waals surface area contributed by atoms with Gasteiger partial charge in [0.1, 0.15) is 5.25 Å². The number of anilines is 1. The first-order chi connectivity index (χ1) is 7.88. The fourth-order valence-electron chi connectivity index (χ4n) is 1.73. The molecule has 2 rings (SSSR count). The third-order valence-electron chi connectivity index (χ3n) is 2.63. The second kappa shape index (κ2) is 4.74. The highest BCUT2D eigenvalue weighted by Gasteiger charge is 2.37. The number of nitrogens with zero attached hydrogens (tertiary/aromatic N) is 1. The summed E-state index contributed by atoms with van der Waals surface area (Å²) in [5, 5.41) is -0.809. The van der Waals surface area contributed by atoms with Crippen molar-refractivity contribution in [2.45, 2.75) is 11.7 Å². The number of hydrogen-bond acceptors (Lipinski definition) is 3. The lowest BCUT2D eigenvalue weighted by molar-refractivity contribution is -0.117. The molecule has 7 heteroatoms. The molecule has 1 aliphatic rings. The SMILES string of the molecule is O=C1CC(S(=O)(=O)Cl)CN1c1ccc(I)cc1. The third kappa shape index (κ3) is 2.92. The van der Waals surface area contributed by atoms with Gasteiger partial charge in [0, 0.05) is 32.9 Å². The summed E-state index contributed by atoms with van der Waals surface area (Å²) in [6.07, 6.45) is -0.0438.